The van der Waals surface area contributed by atoms with Gasteiger partial charge in [-0.25, -0.2) is 9.97 Å². The minimum absolute atomic E-state index is 0.0371. The summed E-state index contributed by atoms with van der Waals surface area (Å²) in [4.78, 5) is 7.95. The Morgan fingerprint density at radius 3 is 1.73 bits per heavy atom. The summed E-state index contributed by atoms with van der Waals surface area (Å²) in [6.07, 6.45) is 10.6. The van der Waals surface area contributed by atoms with Crippen LogP contribution in [0.4, 0.5) is 0 Å². The quantitative estimate of drug-likeness (QED) is 0.766. The predicted molar refractivity (Wildman–Crippen MR) is 55.0 cm³/mol. The van der Waals surface area contributed by atoms with Gasteiger partial charge in [0.25, 0.3) is 0 Å². The van der Waals surface area contributed by atoms with Crippen LogP contribution in [0, 0.1) is 0 Å². The van der Waals surface area contributed by atoms with E-state index in [9.17, 15) is 0 Å². The van der Waals surface area contributed by atoms with E-state index in [1.165, 1.54) is 0 Å². The lowest BCUT2D eigenvalue weighted by Crippen LogP contribution is -2.14. The fourth-order valence-corrected chi connectivity index (χ4v) is 1.39. The minimum atomic E-state index is -0.0371. The van der Waals surface area contributed by atoms with Crippen LogP contribution in [-0.4, -0.2) is 19.1 Å². The Morgan fingerprint density at radius 2 is 1.40 bits per heavy atom. The van der Waals surface area contributed by atoms with Crippen LogP contribution in [0.5, 0.6) is 0 Å². The Kier molecular flexibility index (Phi) is 2.82. The normalized spacial score (nSPS) is 15.1. The average Bonchev–Trinajstić information content (AvgIpc) is 2.91. The number of rotatable bonds is 4. The van der Waals surface area contributed by atoms with E-state index in [-0.39, 0.29) is 12.5 Å². The highest BCUT2D eigenvalue weighted by Crippen LogP contribution is 2.16. The molecule has 0 aliphatic carbocycles. The van der Waals surface area contributed by atoms with Crippen LogP contribution in [0.25, 0.3) is 0 Å². The highest BCUT2D eigenvalue weighted by atomic mass is 16.5. The van der Waals surface area contributed by atoms with E-state index in [1.54, 1.807) is 25.0 Å². The highest BCUT2D eigenvalue weighted by molar-refractivity contribution is 4.78. The number of hydrogen-bond acceptors (Lipinski definition) is 3. The van der Waals surface area contributed by atoms with Gasteiger partial charge in [-0.1, -0.05) is 0 Å². The van der Waals surface area contributed by atoms with E-state index in [1.807, 2.05) is 35.4 Å². The van der Waals surface area contributed by atoms with Gasteiger partial charge in [0.1, 0.15) is 12.5 Å². The first-order valence-corrected chi connectivity index (χ1v) is 4.87. The molecule has 2 atom stereocenters. The molecule has 0 bridgehead atoms. The molecule has 0 fully saturated rings. The molecule has 2 aromatic rings. The highest BCUT2D eigenvalue weighted by Gasteiger charge is 2.10. The molecule has 2 aromatic heterocycles. The second-order valence-electron chi connectivity index (χ2n) is 3.35. The summed E-state index contributed by atoms with van der Waals surface area (Å²) in [5.74, 6) is 0. The van der Waals surface area contributed by atoms with Gasteiger partial charge in [0.2, 0.25) is 0 Å². The first-order valence-electron chi connectivity index (χ1n) is 4.87. The Labute approximate surface area is 88.3 Å². The predicted octanol–water partition coefficient (Wildman–Crippen LogP) is 1.83. The fraction of sp³-hybridized carbons (Fsp3) is 0.400. The Bertz CT molecular complexity index is 343. The molecule has 0 aliphatic rings. The molecule has 2 rings (SSSR count). The maximum Gasteiger partial charge on any atom is 0.134 e. The zero-order valence-electron chi connectivity index (χ0n) is 8.82. The topological polar surface area (TPSA) is 44.9 Å². The summed E-state index contributed by atoms with van der Waals surface area (Å²) in [5, 5.41) is 0. The Morgan fingerprint density at radius 1 is 0.933 bits per heavy atom. The van der Waals surface area contributed by atoms with Gasteiger partial charge in [0.15, 0.2) is 0 Å². The third kappa shape index (κ3) is 2.24. The molecule has 2 heterocycles. The lowest BCUT2D eigenvalue weighted by atomic mass is 10.5. The van der Waals surface area contributed by atoms with E-state index in [0.29, 0.717) is 0 Å². The second kappa shape index (κ2) is 4.27. The monoisotopic (exact) mass is 206 g/mol. The van der Waals surface area contributed by atoms with E-state index < -0.39 is 0 Å². The number of aromatic nitrogens is 4. The first kappa shape index (κ1) is 9.92. The van der Waals surface area contributed by atoms with Crippen molar-refractivity contribution in [2.75, 3.05) is 0 Å². The zero-order valence-corrected chi connectivity index (χ0v) is 8.82. The third-order valence-corrected chi connectivity index (χ3v) is 2.28. The summed E-state index contributed by atoms with van der Waals surface area (Å²) in [5.41, 5.74) is 0. The van der Waals surface area contributed by atoms with Crippen molar-refractivity contribution >= 4 is 0 Å². The van der Waals surface area contributed by atoms with Crippen molar-refractivity contribution in [2.24, 2.45) is 0 Å². The molecule has 80 valence electrons. The molecule has 0 radical (unpaired) electrons. The standard InChI is InChI=1S/C10H14N4O/c1-9(13-5-3-11-7-13)15-10(2)14-6-4-12-8-14/h3-10H,1-2H3. The molecule has 0 spiro atoms. The molecule has 0 saturated carbocycles. The average molecular weight is 206 g/mol. The van der Waals surface area contributed by atoms with Gasteiger partial charge in [-0.15, -0.1) is 0 Å². The van der Waals surface area contributed by atoms with Gasteiger partial charge < -0.3 is 13.9 Å². The minimum Gasteiger partial charge on any atom is -0.335 e. The number of imidazole rings is 2. The maximum atomic E-state index is 5.78. The van der Waals surface area contributed by atoms with E-state index in [4.69, 9.17) is 4.74 Å². The van der Waals surface area contributed by atoms with Crippen molar-refractivity contribution in [3.8, 4) is 0 Å². The van der Waals surface area contributed by atoms with Gasteiger partial charge in [-0.3, -0.25) is 0 Å². The second-order valence-corrected chi connectivity index (χ2v) is 3.35. The lowest BCUT2D eigenvalue weighted by Gasteiger charge is -2.20. The van der Waals surface area contributed by atoms with Crippen molar-refractivity contribution in [2.45, 2.75) is 26.3 Å². The summed E-state index contributed by atoms with van der Waals surface area (Å²) >= 11 is 0. The largest absolute Gasteiger partial charge is 0.335 e. The van der Waals surface area contributed by atoms with Crippen molar-refractivity contribution in [3.05, 3.63) is 37.4 Å². The van der Waals surface area contributed by atoms with Crippen molar-refractivity contribution < 1.29 is 4.74 Å². The molecule has 5 heteroatoms. The molecule has 0 N–H and O–H groups in total. The van der Waals surface area contributed by atoms with Crippen LogP contribution in [0.3, 0.4) is 0 Å². The van der Waals surface area contributed by atoms with E-state index in [0.717, 1.165) is 0 Å². The molecular weight excluding hydrogens is 192 g/mol. The lowest BCUT2D eigenvalue weighted by molar-refractivity contribution is -0.0710. The van der Waals surface area contributed by atoms with Gasteiger partial charge in [-0.2, -0.15) is 0 Å². The third-order valence-electron chi connectivity index (χ3n) is 2.28. The summed E-state index contributed by atoms with van der Waals surface area (Å²) in [6, 6.07) is 0. The van der Waals surface area contributed by atoms with Gasteiger partial charge in [-0.05, 0) is 13.8 Å². The van der Waals surface area contributed by atoms with Crippen LogP contribution in [0.15, 0.2) is 37.4 Å². The molecule has 0 aliphatic heterocycles. The summed E-state index contributed by atoms with van der Waals surface area (Å²) in [7, 11) is 0. The number of hydrogen-bond donors (Lipinski definition) is 0. The van der Waals surface area contributed by atoms with E-state index >= 15 is 0 Å². The van der Waals surface area contributed by atoms with Crippen LogP contribution < -0.4 is 0 Å². The fourth-order valence-electron chi connectivity index (χ4n) is 1.39. The molecule has 2 unspecified atom stereocenters. The SMILES string of the molecule is CC(OC(C)n1ccnc1)n1ccnc1. The van der Waals surface area contributed by atoms with Crippen molar-refractivity contribution in [3.63, 3.8) is 0 Å². The first-order chi connectivity index (χ1) is 7.27. The molecule has 0 amide bonds. The maximum absolute atomic E-state index is 5.78. The van der Waals surface area contributed by atoms with Crippen molar-refractivity contribution in [1.82, 2.24) is 19.1 Å². The van der Waals surface area contributed by atoms with Gasteiger partial charge in [0.05, 0.1) is 12.7 Å². The van der Waals surface area contributed by atoms with Crippen LogP contribution in [0.1, 0.15) is 26.3 Å². The van der Waals surface area contributed by atoms with Gasteiger partial charge in [0, 0.05) is 24.8 Å². The van der Waals surface area contributed by atoms with Gasteiger partial charge >= 0.3 is 0 Å². The van der Waals surface area contributed by atoms with Crippen LogP contribution in [-0.2, 0) is 4.74 Å². The van der Waals surface area contributed by atoms with E-state index in [2.05, 4.69) is 9.97 Å². The number of nitrogens with zero attached hydrogens (tertiary/aromatic N) is 4. The number of ether oxygens (including phenoxy) is 1. The smallest absolute Gasteiger partial charge is 0.134 e. The molecule has 0 aromatic carbocycles. The molecule has 5 nitrogen and oxygen atoms in total. The van der Waals surface area contributed by atoms with Crippen LogP contribution in [0.2, 0.25) is 0 Å². The molecular formula is C10H14N4O. The van der Waals surface area contributed by atoms with Crippen LogP contribution >= 0.6 is 0 Å². The Balaban J connectivity index is 1.98. The summed E-state index contributed by atoms with van der Waals surface area (Å²) in [6.45, 7) is 3.96. The molecule has 0 saturated heterocycles. The van der Waals surface area contributed by atoms with Crippen molar-refractivity contribution in [1.29, 1.82) is 0 Å². The molecule has 15 heavy (non-hydrogen) atoms. The Hall–Kier alpha value is -1.62. The zero-order chi connectivity index (χ0) is 10.7. The summed E-state index contributed by atoms with van der Waals surface area (Å²) < 4.78 is 9.61.